The Labute approximate surface area is 68.8 Å². The second kappa shape index (κ2) is 4.16. The number of hydrogen-bond acceptors (Lipinski definition) is 3. The third kappa shape index (κ3) is 3.40. The van der Waals surface area contributed by atoms with Crippen LogP contribution in [0.1, 0.15) is 0 Å². The van der Waals surface area contributed by atoms with E-state index in [9.17, 15) is 4.79 Å². The summed E-state index contributed by atoms with van der Waals surface area (Å²) in [4.78, 5) is 10.0. The summed E-state index contributed by atoms with van der Waals surface area (Å²) in [5.41, 5.74) is 10.1. The average Bonchev–Trinajstić information content (AvgIpc) is 1.84. The second-order valence-corrected chi connectivity index (χ2v) is 2.15. The molecule has 7 nitrogen and oxygen atoms in total. The predicted molar refractivity (Wildman–Crippen MR) is 43.3 cm³/mol. The Hall–Kier alpha value is -1.79. The summed E-state index contributed by atoms with van der Waals surface area (Å²) in [5, 5.41) is 24.1. The molecule has 0 aliphatic rings. The standard InChI is InChI=1S/C5H11N5O2/c6-3(7)2(4(8)9)1-10-5(11)12/h2,10H,1H2,(H3,6,7)(H3,8,9)(H,11,12). The molecule has 12 heavy (non-hydrogen) atoms. The van der Waals surface area contributed by atoms with Gasteiger partial charge in [-0.3, -0.25) is 10.8 Å². The smallest absolute Gasteiger partial charge is 0.404 e. The first-order chi connectivity index (χ1) is 5.45. The number of nitrogens with two attached hydrogens (primary N) is 2. The van der Waals surface area contributed by atoms with Gasteiger partial charge in [0.2, 0.25) is 0 Å². The van der Waals surface area contributed by atoms with Crippen molar-refractivity contribution < 1.29 is 9.90 Å². The zero-order valence-electron chi connectivity index (χ0n) is 6.29. The number of rotatable bonds is 4. The van der Waals surface area contributed by atoms with Gasteiger partial charge in [-0.1, -0.05) is 0 Å². The summed E-state index contributed by atoms with van der Waals surface area (Å²) in [5.74, 6) is -1.49. The number of carbonyl (C=O) groups is 1. The molecule has 0 unspecified atom stereocenters. The molecule has 0 fully saturated rings. The Kier molecular flexibility index (Phi) is 3.54. The molecule has 8 N–H and O–H groups in total. The zero-order valence-corrected chi connectivity index (χ0v) is 6.29. The Bertz CT molecular complexity index is 200. The molecule has 0 bridgehead atoms. The number of amides is 1. The van der Waals surface area contributed by atoms with Gasteiger partial charge in [-0.05, 0) is 0 Å². The Morgan fingerprint density at radius 1 is 1.42 bits per heavy atom. The van der Waals surface area contributed by atoms with Crippen molar-refractivity contribution in [2.75, 3.05) is 6.54 Å². The molecule has 0 heterocycles. The van der Waals surface area contributed by atoms with Crippen molar-refractivity contribution in [2.24, 2.45) is 17.4 Å². The molecule has 68 valence electrons. The molecule has 0 saturated heterocycles. The minimum atomic E-state index is -1.23. The highest BCUT2D eigenvalue weighted by molar-refractivity contribution is 6.01. The highest BCUT2D eigenvalue weighted by atomic mass is 16.4. The molecule has 0 saturated carbocycles. The van der Waals surface area contributed by atoms with Crippen LogP contribution >= 0.6 is 0 Å². The lowest BCUT2D eigenvalue weighted by atomic mass is 10.1. The number of carboxylic acid groups (broad SMARTS) is 1. The summed E-state index contributed by atoms with van der Waals surface area (Å²) < 4.78 is 0. The van der Waals surface area contributed by atoms with Gasteiger partial charge in [0, 0.05) is 6.54 Å². The van der Waals surface area contributed by atoms with Gasteiger partial charge in [-0.25, -0.2) is 4.79 Å². The van der Waals surface area contributed by atoms with Crippen molar-refractivity contribution in [1.82, 2.24) is 5.32 Å². The predicted octanol–water partition coefficient (Wildman–Crippen LogP) is -1.26. The zero-order chi connectivity index (χ0) is 9.72. The van der Waals surface area contributed by atoms with Crippen molar-refractivity contribution in [3.05, 3.63) is 0 Å². The Balaban J connectivity index is 4.06. The van der Waals surface area contributed by atoms with E-state index in [0.29, 0.717) is 0 Å². The number of amidine groups is 2. The summed E-state index contributed by atoms with van der Waals surface area (Å²) in [6.07, 6.45) is -1.23. The molecule has 7 heteroatoms. The van der Waals surface area contributed by atoms with Gasteiger partial charge in [0.05, 0.1) is 5.92 Å². The van der Waals surface area contributed by atoms with Crippen LogP contribution in [0.3, 0.4) is 0 Å². The normalized spacial score (nSPS) is 11.7. The number of nitrogens with one attached hydrogen (secondary N) is 3. The minimum Gasteiger partial charge on any atom is -0.465 e. The van der Waals surface area contributed by atoms with Crippen LogP contribution in [-0.2, 0) is 0 Å². The van der Waals surface area contributed by atoms with E-state index in [2.05, 4.69) is 0 Å². The van der Waals surface area contributed by atoms with Gasteiger partial charge in [0.1, 0.15) is 11.7 Å². The van der Waals surface area contributed by atoms with Crippen LogP contribution in [0, 0.1) is 16.7 Å². The van der Waals surface area contributed by atoms with E-state index in [1.165, 1.54) is 0 Å². The molecular formula is C5H11N5O2. The largest absolute Gasteiger partial charge is 0.465 e. The van der Waals surface area contributed by atoms with Crippen LogP contribution in [0.2, 0.25) is 0 Å². The van der Waals surface area contributed by atoms with E-state index in [4.69, 9.17) is 27.4 Å². The van der Waals surface area contributed by atoms with Gasteiger partial charge < -0.3 is 21.9 Å². The maximum atomic E-state index is 10.0. The summed E-state index contributed by atoms with van der Waals surface area (Å²) in [6, 6.07) is 0. The molecule has 1 amide bonds. The molecule has 0 radical (unpaired) electrons. The molecule has 0 spiro atoms. The lowest BCUT2D eigenvalue weighted by Gasteiger charge is -2.12. The molecule has 0 atom stereocenters. The van der Waals surface area contributed by atoms with Crippen LogP contribution in [0.5, 0.6) is 0 Å². The van der Waals surface area contributed by atoms with Gasteiger partial charge in [0.15, 0.2) is 0 Å². The molecule has 0 rings (SSSR count). The van der Waals surface area contributed by atoms with Crippen molar-refractivity contribution in [1.29, 1.82) is 10.8 Å². The average molecular weight is 173 g/mol. The van der Waals surface area contributed by atoms with Crippen LogP contribution in [0.25, 0.3) is 0 Å². The topological polar surface area (TPSA) is 149 Å². The van der Waals surface area contributed by atoms with Crippen LogP contribution in [0.4, 0.5) is 4.79 Å². The van der Waals surface area contributed by atoms with E-state index >= 15 is 0 Å². The Morgan fingerprint density at radius 3 is 2.08 bits per heavy atom. The van der Waals surface area contributed by atoms with Gasteiger partial charge in [-0.15, -0.1) is 0 Å². The highest BCUT2D eigenvalue weighted by Crippen LogP contribution is 1.91. The van der Waals surface area contributed by atoms with Gasteiger partial charge in [-0.2, -0.15) is 0 Å². The van der Waals surface area contributed by atoms with E-state index in [-0.39, 0.29) is 18.2 Å². The SMILES string of the molecule is N=C(N)C(CNC(=O)O)C(=N)N. The van der Waals surface area contributed by atoms with Crippen LogP contribution < -0.4 is 16.8 Å². The maximum Gasteiger partial charge on any atom is 0.404 e. The molecular weight excluding hydrogens is 162 g/mol. The lowest BCUT2D eigenvalue weighted by Crippen LogP contribution is -2.42. The molecule has 0 aromatic heterocycles. The van der Waals surface area contributed by atoms with E-state index in [0.717, 1.165) is 0 Å². The molecule has 0 aromatic carbocycles. The molecule has 0 aliphatic carbocycles. The fraction of sp³-hybridized carbons (Fsp3) is 0.400. The minimum absolute atomic E-state index is 0.139. The van der Waals surface area contributed by atoms with E-state index in [1.54, 1.807) is 0 Å². The lowest BCUT2D eigenvalue weighted by molar-refractivity contribution is 0.194. The molecule has 0 aliphatic heterocycles. The second-order valence-electron chi connectivity index (χ2n) is 2.15. The third-order valence-corrected chi connectivity index (χ3v) is 1.21. The van der Waals surface area contributed by atoms with E-state index < -0.39 is 12.0 Å². The van der Waals surface area contributed by atoms with Crippen LogP contribution in [-0.4, -0.2) is 29.4 Å². The fourth-order valence-corrected chi connectivity index (χ4v) is 0.577. The third-order valence-electron chi connectivity index (χ3n) is 1.21. The van der Waals surface area contributed by atoms with Crippen molar-refractivity contribution in [3.63, 3.8) is 0 Å². The first-order valence-electron chi connectivity index (χ1n) is 3.09. The first kappa shape index (κ1) is 10.2. The Morgan fingerprint density at radius 2 is 1.83 bits per heavy atom. The first-order valence-corrected chi connectivity index (χ1v) is 3.09. The summed E-state index contributed by atoms with van der Waals surface area (Å²) in [6.45, 7) is -0.139. The van der Waals surface area contributed by atoms with Gasteiger partial charge >= 0.3 is 6.09 Å². The monoisotopic (exact) mass is 173 g/mol. The van der Waals surface area contributed by atoms with Crippen LogP contribution in [0.15, 0.2) is 0 Å². The quantitative estimate of drug-likeness (QED) is 0.232. The van der Waals surface area contributed by atoms with E-state index in [1.807, 2.05) is 5.32 Å². The fourth-order valence-electron chi connectivity index (χ4n) is 0.577. The van der Waals surface area contributed by atoms with Crippen molar-refractivity contribution >= 4 is 17.8 Å². The highest BCUT2D eigenvalue weighted by Gasteiger charge is 2.15. The summed E-state index contributed by atoms with van der Waals surface area (Å²) in [7, 11) is 0. The summed E-state index contributed by atoms with van der Waals surface area (Å²) >= 11 is 0. The van der Waals surface area contributed by atoms with Crippen molar-refractivity contribution in [3.8, 4) is 0 Å². The van der Waals surface area contributed by atoms with Gasteiger partial charge in [0.25, 0.3) is 0 Å². The number of hydrogen-bond donors (Lipinski definition) is 6. The molecule has 0 aromatic rings. The van der Waals surface area contributed by atoms with Crippen molar-refractivity contribution in [2.45, 2.75) is 0 Å². The maximum absolute atomic E-state index is 10.0.